The lowest BCUT2D eigenvalue weighted by molar-refractivity contribution is 1.32. The molecule has 0 radical (unpaired) electrons. The molecule has 0 fully saturated rings. The van der Waals surface area contributed by atoms with Crippen LogP contribution in [0.4, 0.5) is 0 Å². The molecule has 4 heterocycles. The van der Waals surface area contributed by atoms with Crippen LogP contribution in [0.3, 0.4) is 0 Å². The summed E-state index contributed by atoms with van der Waals surface area (Å²) in [6, 6.07) is 39.4. The first kappa shape index (κ1) is 22.0. The monoisotopic (exact) mass is 486 g/mol. The van der Waals surface area contributed by atoms with Gasteiger partial charge in [-0.1, -0.05) is 66.7 Å². The minimum Gasteiger partial charge on any atom is -0.256 e. The largest absolute Gasteiger partial charge is 0.256 e. The predicted octanol–water partition coefficient (Wildman–Crippen LogP) is 8.24. The van der Waals surface area contributed by atoms with Crippen molar-refractivity contribution in [2.24, 2.45) is 0 Å². The molecule has 0 aliphatic rings. The van der Waals surface area contributed by atoms with Crippen LogP contribution in [-0.2, 0) is 0 Å². The van der Waals surface area contributed by atoms with Crippen molar-refractivity contribution in [1.29, 1.82) is 0 Å². The number of rotatable bonds is 4. The van der Waals surface area contributed by atoms with E-state index in [0.717, 1.165) is 66.7 Å². The molecule has 38 heavy (non-hydrogen) atoms. The Morgan fingerprint density at radius 3 is 1.45 bits per heavy atom. The van der Waals surface area contributed by atoms with Gasteiger partial charge in [0.2, 0.25) is 0 Å². The lowest BCUT2D eigenvalue weighted by Gasteiger charge is -2.13. The quantitative estimate of drug-likeness (QED) is 0.235. The zero-order chi connectivity index (χ0) is 25.3. The van der Waals surface area contributed by atoms with Gasteiger partial charge in [-0.2, -0.15) is 0 Å². The molecular formula is C34H22N4. The highest BCUT2D eigenvalue weighted by atomic mass is 14.7. The lowest BCUT2D eigenvalue weighted by atomic mass is 9.95. The summed E-state index contributed by atoms with van der Waals surface area (Å²) in [5, 5.41) is 3.36. The predicted molar refractivity (Wildman–Crippen MR) is 154 cm³/mol. The number of fused-ring (bicyclic) bond motifs is 3. The molecule has 0 saturated carbocycles. The highest BCUT2D eigenvalue weighted by molar-refractivity contribution is 6.12. The Bertz CT molecular complexity index is 1880. The first-order valence-electron chi connectivity index (χ1n) is 12.6. The third-order valence-corrected chi connectivity index (χ3v) is 6.84. The molecule has 0 aliphatic heterocycles. The number of nitrogens with zero attached hydrogens (tertiary/aromatic N) is 4. The van der Waals surface area contributed by atoms with Crippen LogP contribution >= 0.6 is 0 Å². The summed E-state index contributed by atoms with van der Waals surface area (Å²) in [7, 11) is 0. The number of hydrogen-bond donors (Lipinski definition) is 0. The van der Waals surface area contributed by atoms with Crippen LogP contribution in [0.25, 0.3) is 66.7 Å². The number of hydrogen-bond acceptors (Lipinski definition) is 4. The molecule has 7 aromatic rings. The van der Waals surface area contributed by atoms with Crippen LogP contribution in [0.15, 0.2) is 134 Å². The Labute approximate surface area is 220 Å². The maximum Gasteiger partial charge on any atom is 0.0788 e. The fourth-order valence-corrected chi connectivity index (χ4v) is 4.95. The number of benzene rings is 3. The van der Waals surface area contributed by atoms with Crippen LogP contribution in [0.5, 0.6) is 0 Å². The molecule has 4 nitrogen and oxygen atoms in total. The summed E-state index contributed by atoms with van der Waals surface area (Å²) in [6.45, 7) is 0. The molecule has 0 atom stereocenters. The molecule has 0 amide bonds. The molecule has 0 bridgehead atoms. The van der Waals surface area contributed by atoms with Crippen LogP contribution < -0.4 is 0 Å². The van der Waals surface area contributed by atoms with E-state index in [2.05, 4.69) is 75.6 Å². The summed E-state index contributed by atoms with van der Waals surface area (Å²) in [6.07, 6.45) is 5.47. The van der Waals surface area contributed by atoms with Crippen LogP contribution in [0, 0.1) is 0 Å². The first-order valence-corrected chi connectivity index (χ1v) is 12.6. The van der Waals surface area contributed by atoms with Gasteiger partial charge in [0.15, 0.2) is 0 Å². The smallest absolute Gasteiger partial charge is 0.0788 e. The summed E-state index contributed by atoms with van der Waals surface area (Å²) >= 11 is 0. The van der Waals surface area contributed by atoms with Crippen molar-refractivity contribution in [2.45, 2.75) is 0 Å². The van der Waals surface area contributed by atoms with Gasteiger partial charge in [0.05, 0.1) is 28.3 Å². The topological polar surface area (TPSA) is 51.6 Å². The minimum absolute atomic E-state index is 0.933. The van der Waals surface area contributed by atoms with Gasteiger partial charge in [-0.05, 0) is 53.9 Å². The van der Waals surface area contributed by atoms with Gasteiger partial charge in [0.1, 0.15) is 0 Å². The molecule has 0 saturated heterocycles. The van der Waals surface area contributed by atoms with Gasteiger partial charge in [-0.3, -0.25) is 15.0 Å². The van der Waals surface area contributed by atoms with E-state index < -0.39 is 0 Å². The molecule has 0 aliphatic carbocycles. The van der Waals surface area contributed by atoms with Crippen molar-refractivity contribution < 1.29 is 0 Å². The van der Waals surface area contributed by atoms with Crippen molar-refractivity contribution >= 4 is 21.7 Å². The second-order valence-corrected chi connectivity index (χ2v) is 9.17. The maximum absolute atomic E-state index is 5.23. The second kappa shape index (κ2) is 9.34. The Morgan fingerprint density at radius 1 is 0.368 bits per heavy atom. The molecule has 4 heteroatoms. The molecule has 4 aromatic heterocycles. The third-order valence-electron chi connectivity index (χ3n) is 6.84. The lowest BCUT2D eigenvalue weighted by Crippen LogP contribution is -1.93. The molecule has 3 aromatic carbocycles. The number of aromatic nitrogens is 4. The standard InChI is InChI=1S/C34H22N4/c1-4-18-35-30(7-1)23-10-12-24(13-11-23)34-29-21-25(31-8-2-5-19-36-31)14-16-27(29)28-17-15-26(22-33(28)38-34)32-9-3-6-20-37-32/h1-22H. The molecule has 178 valence electrons. The first-order chi connectivity index (χ1) is 18.8. The number of pyridine rings is 4. The highest BCUT2D eigenvalue weighted by Gasteiger charge is 2.14. The van der Waals surface area contributed by atoms with Gasteiger partial charge < -0.3 is 0 Å². The van der Waals surface area contributed by atoms with E-state index in [9.17, 15) is 0 Å². The van der Waals surface area contributed by atoms with Crippen molar-refractivity contribution in [1.82, 2.24) is 19.9 Å². The fraction of sp³-hybridized carbons (Fsp3) is 0. The molecule has 0 unspecified atom stereocenters. The summed E-state index contributed by atoms with van der Waals surface area (Å²) in [5.41, 5.74) is 8.95. The van der Waals surface area contributed by atoms with Crippen LogP contribution in [0.2, 0.25) is 0 Å². The Hall–Kier alpha value is -5.22. The zero-order valence-corrected chi connectivity index (χ0v) is 20.5. The summed E-state index contributed by atoms with van der Waals surface area (Å²) in [5.74, 6) is 0. The van der Waals surface area contributed by atoms with Crippen molar-refractivity contribution in [3.63, 3.8) is 0 Å². The van der Waals surface area contributed by atoms with Gasteiger partial charge >= 0.3 is 0 Å². The molecular weight excluding hydrogens is 464 g/mol. The summed E-state index contributed by atoms with van der Waals surface area (Å²) < 4.78 is 0. The summed E-state index contributed by atoms with van der Waals surface area (Å²) in [4.78, 5) is 18.8. The zero-order valence-electron chi connectivity index (χ0n) is 20.5. The molecule has 0 N–H and O–H groups in total. The average molecular weight is 487 g/mol. The highest BCUT2D eigenvalue weighted by Crippen LogP contribution is 2.36. The van der Waals surface area contributed by atoms with E-state index in [-0.39, 0.29) is 0 Å². The Balaban J connectivity index is 1.45. The van der Waals surface area contributed by atoms with Crippen molar-refractivity contribution in [3.8, 4) is 45.0 Å². The van der Waals surface area contributed by atoms with E-state index >= 15 is 0 Å². The van der Waals surface area contributed by atoms with Gasteiger partial charge in [0.25, 0.3) is 0 Å². The van der Waals surface area contributed by atoms with Gasteiger partial charge in [-0.15, -0.1) is 0 Å². The van der Waals surface area contributed by atoms with E-state index in [1.54, 1.807) is 0 Å². The Kier molecular flexibility index (Phi) is 5.41. The fourth-order valence-electron chi connectivity index (χ4n) is 4.95. The van der Waals surface area contributed by atoms with Gasteiger partial charge in [-0.25, -0.2) is 4.98 Å². The molecule has 0 spiro atoms. The Morgan fingerprint density at radius 2 is 0.868 bits per heavy atom. The van der Waals surface area contributed by atoms with E-state index in [1.807, 2.05) is 73.2 Å². The average Bonchev–Trinajstić information content (AvgIpc) is 3.01. The van der Waals surface area contributed by atoms with Crippen LogP contribution in [0.1, 0.15) is 0 Å². The van der Waals surface area contributed by atoms with Crippen molar-refractivity contribution in [2.75, 3.05) is 0 Å². The van der Waals surface area contributed by atoms with E-state index in [0.29, 0.717) is 0 Å². The van der Waals surface area contributed by atoms with E-state index in [1.165, 1.54) is 0 Å². The SMILES string of the molecule is c1ccc(-c2ccc(-c3nc4cc(-c5ccccn5)ccc4c4ccc(-c5ccccn5)cc34)cc2)nc1. The molecule has 7 rings (SSSR count). The minimum atomic E-state index is 0.933. The maximum atomic E-state index is 5.23. The van der Waals surface area contributed by atoms with Gasteiger partial charge in [0, 0.05) is 51.6 Å². The normalized spacial score (nSPS) is 11.2. The third kappa shape index (κ3) is 3.98. The van der Waals surface area contributed by atoms with Crippen molar-refractivity contribution in [3.05, 3.63) is 134 Å². The second-order valence-electron chi connectivity index (χ2n) is 9.17. The van der Waals surface area contributed by atoms with Crippen LogP contribution in [-0.4, -0.2) is 19.9 Å². The van der Waals surface area contributed by atoms with E-state index in [4.69, 9.17) is 4.98 Å².